The molecule has 0 N–H and O–H groups in total. The third-order valence-electron chi connectivity index (χ3n) is 3.50. The summed E-state index contributed by atoms with van der Waals surface area (Å²) in [5.41, 5.74) is 0.965. The van der Waals surface area contributed by atoms with E-state index < -0.39 is 0 Å². The number of thioether (sulfide) groups is 3. The highest BCUT2D eigenvalue weighted by atomic mass is 32.2. The first kappa shape index (κ1) is 22.5. The summed E-state index contributed by atoms with van der Waals surface area (Å²) in [7, 11) is 1.40. The highest BCUT2D eigenvalue weighted by Gasteiger charge is 2.27. The Balaban J connectivity index is 0.000000260. The first-order valence-corrected chi connectivity index (χ1v) is 11.1. The molecular formula is C18H20O5S3. The van der Waals surface area contributed by atoms with Crippen LogP contribution in [0.1, 0.15) is 13.8 Å². The fourth-order valence-electron chi connectivity index (χ4n) is 2.20. The van der Waals surface area contributed by atoms with Gasteiger partial charge in [0.05, 0.1) is 16.9 Å². The third kappa shape index (κ3) is 4.81. The molecule has 0 radical (unpaired) electrons. The lowest BCUT2D eigenvalue weighted by molar-refractivity contribution is -0.117. The number of ether oxygens (including phenoxy) is 1. The summed E-state index contributed by atoms with van der Waals surface area (Å²) in [6, 6.07) is 0. The maximum absolute atomic E-state index is 11.6. The normalized spacial score (nSPS) is 17.8. The van der Waals surface area contributed by atoms with E-state index in [0.29, 0.717) is 25.9 Å². The van der Waals surface area contributed by atoms with E-state index in [4.69, 9.17) is 4.74 Å². The molecule has 0 atom stereocenters. The average Bonchev–Trinajstić information content (AvgIpc) is 2.61. The van der Waals surface area contributed by atoms with Crippen LogP contribution in [0, 0.1) is 0 Å². The largest absolute Gasteiger partial charge is 0.491 e. The van der Waals surface area contributed by atoms with Crippen molar-refractivity contribution < 1.29 is 23.9 Å². The number of rotatable bonds is 4. The van der Waals surface area contributed by atoms with Gasteiger partial charge < -0.3 is 4.74 Å². The Bertz CT molecular complexity index is 719. The van der Waals surface area contributed by atoms with Crippen molar-refractivity contribution in [3.05, 3.63) is 43.8 Å². The second kappa shape index (κ2) is 9.99. The number of carbonyl (C=O) groups excluding carboxylic acids is 4. The molecule has 26 heavy (non-hydrogen) atoms. The zero-order valence-corrected chi connectivity index (χ0v) is 17.9. The minimum atomic E-state index is -0.202. The summed E-state index contributed by atoms with van der Waals surface area (Å²) < 4.78 is 4.90. The van der Waals surface area contributed by atoms with Gasteiger partial charge in [0.15, 0.2) is 23.1 Å². The van der Waals surface area contributed by atoms with Gasteiger partial charge in [-0.15, -0.1) is 35.3 Å². The van der Waals surface area contributed by atoms with Crippen LogP contribution in [0.5, 0.6) is 0 Å². The van der Waals surface area contributed by atoms with Gasteiger partial charge in [0, 0.05) is 11.1 Å². The van der Waals surface area contributed by atoms with Gasteiger partial charge in [0.2, 0.25) is 5.78 Å². The van der Waals surface area contributed by atoms with E-state index in [0.717, 1.165) is 0 Å². The molecule has 2 aliphatic carbocycles. The van der Waals surface area contributed by atoms with E-state index in [1.807, 2.05) is 12.5 Å². The zero-order valence-electron chi connectivity index (χ0n) is 15.4. The number of hydrogen-bond donors (Lipinski definition) is 0. The minimum Gasteiger partial charge on any atom is -0.491 e. The van der Waals surface area contributed by atoms with Crippen LogP contribution in [0.4, 0.5) is 0 Å². The lowest BCUT2D eigenvalue weighted by Crippen LogP contribution is -2.17. The second-order valence-corrected chi connectivity index (χ2v) is 7.62. The summed E-state index contributed by atoms with van der Waals surface area (Å²) in [6.07, 6.45) is 8.12. The summed E-state index contributed by atoms with van der Waals surface area (Å²) in [5.74, 6) is -0.254. The van der Waals surface area contributed by atoms with Crippen LogP contribution >= 0.6 is 35.3 Å². The molecule has 2 rings (SSSR count). The third-order valence-corrected chi connectivity index (χ3v) is 6.04. The Morgan fingerprint density at radius 3 is 1.54 bits per heavy atom. The van der Waals surface area contributed by atoms with Crippen LogP contribution in [0.15, 0.2) is 43.8 Å². The summed E-state index contributed by atoms with van der Waals surface area (Å²) in [6.45, 7) is 3.28. The summed E-state index contributed by atoms with van der Waals surface area (Å²) >= 11 is 3.91. The number of hydrogen-bond acceptors (Lipinski definition) is 8. The molecule has 0 spiro atoms. The quantitative estimate of drug-likeness (QED) is 0.651. The zero-order chi connectivity index (χ0) is 20.0. The topological polar surface area (TPSA) is 77.5 Å². The molecule has 0 aliphatic heterocycles. The fraction of sp³-hybridized carbons (Fsp3) is 0.333. The summed E-state index contributed by atoms with van der Waals surface area (Å²) in [4.78, 5) is 47.3. The maximum atomic E-state index is 11.6. The first-order valence-electron chi connectivity index (χ1n) is 7.42. The van der Waals surface area contributed by atoms with Crippen molar-refractivity contribution in [3.8, 4) is 0 Å². The minimum absolute atomic E-state index is 0.0172. The van der Waals surface area contributed by atoms with Crippen molar-refractivity contribution in [2.24, 2.45) is 0 Å². The number of ketones is 4. The van der Waals surface area contributed by atoms with Gasteiger partial charge in [0.25, 0.3) is 0 Å². The van der Waals surface area contributed by atoms with Crippen LogP contribution in [-0.2, 0) is 23.9 Å². The maximum Gasteiger partial charge on any atom is 0.224 e. The van der Waals surface area contributed by atoms with Crippen molar-refractivity contribution in [1.82, 2.24) is 0 Å². The smallest absolute Gasteiger partial charge is 0.224 e. The van der Waals surface area contributed by atoms with Gasteiger partial charge in [-0.1, -0.05) is 0 Å². The van der Waals surface area contributed by atoms with E-state index in [1.54, 1.807) is 20.1 Å². The SMILES string of the molecule is COC1=C(SC)C(=O)C=C(C)C1=O.CSC1=C(SC)C(=O)C(C)=CC1=O. The molecule has 140 valence electrons. The Morgan fingerprint density at radius 2 is 1.12 bits per heavy atom. The molecule has 0 fully saturated rings. The van der Waals surface area contributed by atoms with E-state index in [9.17, 15) is 19.2 Å². The molecule has 0 heterocycles. The predicted molar refractivity (Wildman–Crippen MR) is 109 cm³/mol. The van der Waals surface area contributed by atoms with Crippen molar-refractivity contribution in [2.75, 3.05) is 25.9 Å². The van der Waals surface area contributed by atoms with Gasteiger partial charge in [-0.25, -0.2) is 0 Å². The molecule has 0 amide bonds. The Hall–Kier alpha value is -1.51. The number of Topliss-reactive ketones (excluding diaryl/α,β-unsaturated/α-hetero) is 2. The van der Waals surface area contributed by atoms with Crippen molar-refractivity contribution in [2.45, 2.75) is 13.8 Å². The molecule has 0 unspecified atom stereocenters. The van der Waals surface area contributed by atoms with Gasteiger partial charge in [-0.2, -0.15) is 0 Å². The Labute approximate surface area is 165 Å². The molecular weight excluding hydrogens is 392 g/mol. The molecule has 0 bridgehead atoms. The standard InChI is InChI=1S/C9H10O3S.C9H10O2S2/c1-5-4-6(10)9(13-3)8(12-2)7(5)11;1-5-4-6(10)8(12-2)9(13-3)7(5)11/h2*4H,1-3H3. The van der Waals surface area contributed by atoms with E-state index in [-0.39, 0.29) is 28.9 Å². The fourth-order valence-corrected chi connectivity index (χ4v) is 4.49. The molecule has 0 saturated heterocycles. The van der Waals surface area contributed by atoms with Crippen LogP contribution in [0.3, 0.4) is 0 Å². The van der Waals surface area contributed by atoms with Crippen LogP contribution in [0.25, 0.3) is 0 Å². The monoisotopic (exact) mass is 412 g/mol. The average molecular weight is 413 g/mol. The molecule has 0 aromatic heterocycles. The van der Waals surface area contributed by atoms with Crippen molar-refractivity contribution in [3.63, 3.8) is 0 Å². The Morgan fingerprint density at radius 1 is 0.692 bits per heavy atom. The van der Waals surface area contributed by atoms with E-state index in [1.165, 1.54) is 54.5 Å². The van der Waals surface area contributed by atoms with Crippen LogP contribution < -0.4 is 0 Å². The number of allylic oxidation sites excluding steroid dienone is 7. The van der Waals surface area contributed by atoms with Crippen molar-refractivity contribution in [1.29, 1.82) is 0 Å². The Kier molecular flexibility index (Phi) is 8.66. The lowest BCUT2D eigenvalue weighted by atomic mass is 10.0. The van der Waals surface area contributed by atoms with Gasteiger partial charge in [-0.3, -0.25) is 19.2 Å². The molecule has 8 heteroatoms. The van der Waals surface area contributed by atoms with Crippen LogP contribution in [0.2, 0.25) is 0 Å². The molecule has 5 nitrogen and oxygen atoms in total. The predicted octanol–water partition coefficient (Wildman–Crippen LogP) is 3.33. The highest BCUT2D eigenvalue weighted by molar-refractivity contribution is 8.07. The van der Waals surface area contributed by atoms with Gasteiger partial charge in [-0.05, 0) is 44.8 Å². The lowest BCUT2D eigenvalue weighted by Gasteiger charge is -2.13. The molecule has 2 aliphatic rings. The summed E-state index contributed by atoms with van der Waals surface area (Å²) in [5, 5.41) is 0. The molecule has 0 aromatic carbocycles. The first-order chi connectivity index (χ1) is 12.2. The highest BCUT2D eigenvalue weighted by Crippen LogP contribution is 2.32. The second-order valence-electron chi connectivity index (χ2n) is 5.17. The van der Waals surface area contributed by atoms with E-state index in [2.05, 4.69) is 0 Å². The van der Waals surface area contributed by atoms with E-state index >= 15 is 0 Å². The molecule has 0 aromatic rings. The van der Waals surface area contributed by atoms with Crippen molar-refractivity contribution >= 4 is 58.4 Å². The molecule has 0 saturated carbocycles. The van der Waals surface area contributed by atoms with Gasteiger partial charge in [0.1, 0.15) is 4.91 Å². The van der Waals surface area contributed by atoms with Crippen LogP contribution in [-0.4, -0.2) is 49.0 Å². The number of methoxy groups -OCH3 is 1. The van der Waals surface area contributed by atoms with Gasteiger partial charge >= 0.3 is 0 Å². The number of carbonyl (C=O) groups is 4.